The fourth-order valence-corrected chi connectivity index (χ4v) is 1.89. The van der Waals surface area contributed by atoms with Crippen LogP contribution in [-0.4, -0.2) is 36.9 Å². The van der Waals surface area contributed by atoms with Crippen molar-refractivity contribution in [1.29, 1.82) is 0 Å². The zero-order chi connectivity index (χ0) is 14.4. The van der Waals surface area contributed by atoms with E-state index in [4.69, 9.17) is 9.84 Å². The molecule has 0 aromatic heterocycles. The number of benzene rings is 1. The van der Waals surface area contributed by atoms with Crippen LogP contribution in [0.15, 0.2) is 18.2 Å². The maximum atomic E-state index is 13.8. The van der Waals surface area contributed by atoms with E-state index in [1.807, 2.05) is 0 Å². The van der Waals surface area contributed by atoms with Gasteiger partial charge in [0.25, 0.3) is 5.91 Å². The molecule has 1 aromatic carbocycles. The van der Waals surface area contributed by atoms with E-state index in [0.29, 0.717) is 19.6 Å². The second-order valence-electron chi connectivity index (χ2n) is 4.50. The molecule has 1 saturated heterocycles. The summed E-state index contributed by atoms with van der Waals surface area (Å²) >= 11 is 0. The first kappa shape index (κ1) is 14.5. The van der Waals surface area contributed by atoms with E-state index >= 15 is 0 Å². The van der Waals surface area contributed by atoms with Gasteiger partial charge in [0.15, 0.2) is 0 Å². The first-order chi connectivity index (χ1) is 9.70. The molecule has 1 aliphatic heterocycles. The number of ether oxygens (including phenoxy) is 1. The molecule has 1 amide bonds. The van der Waals surface area contributed by atoms with Crippen molar-refractivity contribution in [2.75, 3.05) is 19.8 Å². The molecule has 0 bridgehead atoms. The van der Waals surface area contributed by atoms with Gasteiger partial charge in [-0.15, -0.1) is 0 Å². The predicted octanol–water partition coefficient (Wildman–Crippen LogP) is 1.08. The molecule has 1 unspecified atom stereocenters. The Kier molecular flexibility index (Phi) is 5.10. The molecule has 1 fully saturated rings. The van der Waals surface area contributed by atoms with Crippen molar-refractivity contribution in [3.63, 3.8) is 0 Å². The van der Waals surface area contributed by atoms with Crippen molar-refractivity contribution in [2.45, 2.75) is 18.9 Å². The highest BCUT2D eigenvalue weighted by Crippen LogP contribution is 2.11. The predicted molar refractivity (Wildman–Crippen MR) is 71.7 cm³/mol. The van der Waals surface area contributed by atoms with E-state index in [1.54, 1.807) is 0 Å². The van der Waals surface area contributed by atoms with Crippen LogP contribution in [0.2, 0.25) is 0 Å². The number of rotatable bonds is 3. The molecule has 0 radical (unpaired) electrons. The number of nitrogens with one attached hydrogen (secondary N) is 1. The minimum atomic E-state index is -0.536. The van der Waals surface area contributed by atoms with Crippen molar-refractivity contribution in [3.8, 4) is 11.8 Å². The van der Waals surface area contributed by atoms with Gasteiger partial charge in [-0.1, -0.05) is 11.8 Å². The van der Waals surface area contributed by atoms with Gasteiger partial charge >= 0.3 is 0 Å². The molecule has 1 atom stereocenters. The van der Waals surface area contributed by atoms with E-state index in [1.165, 1.54) is 18.2 Å². The van der Waals surface area contributed by atoms with E-state index in [2.05, 4.69) is 17.2 Å². The highest BCUT2D eigenvalue weighted by molar-refractivity contribution is 5.94. The number of amides is 1. The van der Waals surface area contributed by atoms with Crippen molar-refractivity contribution in [2.24, 2.45) is 0 Å². The summed E-state index contributed by atoms with van der Waals surface area (Å²) in [6.45, 7) is 1.08. The lowest BCUT2D eigenvalue weighted by Gasteiger charge is -2.10. The Morgan fingerprint density at radius 1 is 1.55 bits per heavy atom. The average molecular weight is 277 g/mol. The second-order valence-corrected chi connectivity index (χ2v) is 4.50. The van der Waals surface area contributed by atoms with Crippen LogP contribution >= 0.6 is 0 Å². The van der Waals surface area contributed by atoms with Gasteiger partial charge in [0.2, 0.25) is 0 Å². The van der Waals surface area contributed by atoms with Gasteiger partial charge in [-0.05, 0) is 24.6 Å². The number of aliphatic hydroxyl groups excluding tert-OH is 1. The fourth-order valence-electron chi connectivity index (χ4n) is 1.89. The number of aliphatic hydroxyl groups is 1. The SMILES string of the molecule is O=C(NC1CCOC1)c1ccc(C#CCCO)c(F)c1. The molecular formula is C15H16FNO3. The minimum Gasteiger partial charge on any atom is -0.395 e. The normalized spacial score (nSPS) is 17.4. The summed E-state index contributed by atoms with van der Waals surface area (Å²) in [5.41, 5.74) is 0.487. The molecule has 0 spiro atoms. The number of hydrogen-bond acceptors (Lipinski definition) is 3. The topological polar surface area (TPSA) is 58.6 Å². The van der Waals surface area contributed by atoms with E-state index in [9.17, 15) is 9.18 Å². The number of halogens is 1. The standard InChI is InChI=1S/C15H16FNO3/c16-14-9-12(5-4-11(14)3-1-2-7-18)15(19)17-13-6-8-20-10-13/h4-5,9,13,18H,2,6-8,10H2,(H,17,19). The van der Waals surface area contributed by atoms with Crippen molar-refractivity contribution < 1.29 is 19.0 Å². The highest BCUT2D eigenvalue weighted by Gasteiger charge is 2.19. The Morgan fingerprint density at radius 3 is 3.05 bits per heavy atom. The molecule has 1 heterocycles. The second kappa shape index (κ2) is 7.04. The molecule has 106 valence electrons. The summed E-state index contributed by atoms with van der Waals surface area (Å²) in [7, 11) is 0. The van der Waals surface area contributed by atoms with E-state index < -0.39 is 5.82 Å². The molecular weight excluding hydrogens is 261 g/mol. The largest absolute Gasteiger partial charge is 0.395 e. The van der Waals surface area contributed by atoms with Crippen LogP contribution in [0.1, 0.15) is 28.8 Å². The number of hydrogen-bond donors (Lipinski definition) is 2. The molecule has 20 heavy (non-hydrogen) atoms. The van der Waals surface area contributed by atoms with E-state index in [-0.39, 0.29) is 29.7 Å². The van der Waals surface area contributed by atoms with Crippen LogP contribution in [0.4, 0.5) is 4.39 Å². The fraction of sp³-hybridized carbons (Fsp3) is 0.400. The lowest BCUT2D eigenvalue weighted by Crippen LogP contribution is -2.35. The van der Waals surface area contributed by atoms with Gasteiger partial charge in [0, 0.05) is 18.6 Å². The van der Waals surface area contributed by atoms with Crippen LogP contribution in [-0.2, 0) is 4.74 Å². The van der Waals surface area contributed by atoms with Gasteiger partial charge in [-0.25, -0.2) is 4.39 Å². The van der Waals surface area contributed by atoms with Crippen LogP contribution < -0.4 is 5.32 Å². The highest BCUT2D eigenvalue weighted by atomic mass is 19.1. The molecule has 2 N–H and O–H groups in total. The van der Waals surface area contributed by atoms with E-state index in [0.717, 1.165) is 6.42 Å². The summed E-state index contributed by atoms with van der Waals surface area (Å²) in [6.07, 6.45) is 1.07. The van der Waals surface area contributed by atoms with Crippen molar-refractivity contribution >= 4 is 5.91 Å². The number of carbonyl (C=O) groups excluding carboxylic acids is 1. The molecule has 0 saturated carbocycles. The summed E-state index contributed by atoms with van der Waals surface area (Å²) in [4.78, 5) is 11.9. The van der Waals surface area contributed by atoms with Crippen molar-refractivity contribution in [1.82, 2.24) is 5.32 Å². The van der Waals surface area contributed by atoms with Crippen LogP contribution in [0, 0.1) is 17.7 Å². The van der Waals surface area contributed by atoms with Gasteiger partial charge < -0.3 is 15.2 Å². The number of carbonyl (C=O) groups is 1. The molecule has 4 nitrogen and oxygen atoms in total. The Balaban J connectivity index is 2.04. The van der Waals surface area contributed by atoms with Gasteiger partial charge in [0.05, 0.1) is 24.8 Å². The third-order valence-corrected chi connectivity index (χ3v) is 2.96. The minimum absolute atomic E-state index is 0.00502. The molecule has 0 aliphatic carbocycles. The summed E-state index contributed by atoms with van der Waals surface area (Å²) in [5, 5.41) is 11.4. The smallest absolute Gasteiger partial charge is 0.251 e. The summed E-state index contributed by atoms with van der Waals surface area (Å²) in [6, 6.07) is 4.18. The maximum absolute atomic E-state index is 13.8. The summed E-state index contributed by atoms with van der Waals surface area (Å²) in [5.74, 6) is 4.41. The molecule has 5 heteroatoms. The quantitative estimate of drug-likeness (QED) is 0.813. The first-order valence-corrected chi connectivity index (χ1v) is 6.48. The zero-order valence-corrected chi connectivity index (χ0v) is 11.0. The lowest BCUT2D eigenvalue weighted by molar-refractivity contribution is 0.0929. The van der Waals surface area contributed by atoms with Gasteiger partial charge in [-0.2, -0.15) is 0 Å². The lowest BCUT2D eigenvalue weighted by atomic mass is 10.1. The molecule has 1 aliphatic rings. The third-order valence-electron chi connectivity index (χ3n) is 2.96. The summed E-state index contributed by atoms with van der Waals surface area (Å²) < 4.78 is 18.9. The molecule has 1 aromatic rings. The zero-order valence-electron chi connectivity index (χ0n) is 11.0. The monoisotopic (exact) mass is 277 g/mol. The Bertz CT molecular complexity index is 542. The van der Waals surface area contributed by atoms with Crippen LogP contribution in [0.3, 0.4) is 0 Å². The Morgan fingerprint density at radius 2 is 2.40 bits per heavy atom. The van der Waals surface area contributed by atoms with Gasteiger partial charge in [-0.3, -0.25) is 4.79 Å². The Hall–Kier alpha value is -1.90. The third kappa shape index (κ3) is 3.80. The van der Waals surface area contributed by atoms with Crippen molar-refractivity contribution in [3.05, 3.63) is 35.1 Å². The first-order valence-electron chi connectivity index (χ1n) is 6.48. The van der Waals surface area contributed by atoms with Crippen LogP contribution in [0.25, 0.3) is 0 Å². The Labute approximate surface area is 116 Å². The van der Waals surface area contributed by atoms with Gasteiger partial charge in [0.1, 0.15) is 5.82 Å². The average Bonchev–Trinajstić information content (AvgIpc) is 2.93. The van der Waals surface area contributed by atoms with Crippen LogP contribution in [0.5, 0.6) is 0 Å². The molecule has 2 rings (SSSR count). The maximum Gasteiger partial charge on any atom is 0.251 e.